The molecule has 0 spiro atoms. The molecule has 1 aliphatic heterocycles. The van der Waals surface area contributed by atoms with Crippen LogP contribution in [0.5, 0.6) is 0 Å². The van der Waals surface area contributed by atoms with Crippen molar-refractivity contribution in [3.8, 4) is 0 Å². The molecule has 5 nitrogen and oxygen atoms in total. The highest BCUT2D eigenvalue weighted by atomic mass is 16.3. The van der Waals surface area contributed by atoms with E-state index in [2.05, 4.69) is 6.92 Å². The van der Waals surface area contributed by atoms with Gasteiger partial charge in [0, 0.05) is 14.1 Å². The van der Waals surface area contributed by atoms with Gasteiger partial charge in [0.25, 0.3) is 0 Å². The van der Waals surface area contributed by atoms with Gasteiger partial charge in [0.15, 0.2) is 0 Å². The predicted octanol–water partition coefficient (Wildman–Crippen LogP) is 3.37. The fourth-order valence-electron chi connectivity index (χ4n) is 3.21. The van der Waals surface area contributed by atoms with Gasteiger partial charge < -0.3 is 10.0 Å². The van der Waals surface area contributed by atoms with E-state index in [-0.39, 0.29) is 5.91 Å². The van der Waals surface area contributed by atoms with E-state index in [9.17, 15) is 14.7 Å². The van der Waals surface area contributed by atoms with Crippen LogP contribution < -0.4 is 0 Å². The van der Waals surface area contributed by atoms with E-state index >= 15 is 0 Å². The van der Waals surface area contributed by atoms with Gasteiger partial charge in [-0.05, 0) is 13.3 Å². The summed E-state index contributed by atoms with van der Waals surface area (Å²) in [5, 5.41) is 10.3. The van der Waals surface area contributed by atoms with Crippen LogP contribution in [0.1, 0.15) is 71.6 Å². The quantitative estimate of drug-likeness (QED) is 0.664. The summed E-state index contributed by atoms with van der Waals surface area (Å²) in [5.41, 5.74) is -0.889. The molecule has 0 aromatic rings. The molecule has 1 N–H and O–H groups in total. The van der Waals surface area contributed by atoms with E-state index in [0.29, 0.717) is 6.42 Å². The van der Waals surface area contributed by atoms with Crippen LogP contribution in [0.25, 0.3) is 0 Å². The van der Waals surface area contributed by atoms with Gasteiger partial charge in [0.05, 0.1) is 5.41 Å². The van der Waals surface area contributed by atoms with E-state index in [1.807, 2.05) is 0 Å². The van der Waals surface area contributed by atoms with Gasteiger partial charge in [-0.2, -0.15) is 0 Å². The molecule has 1 fully saturated rings. The average molecular weight is 312 g/mol. The third kappa shape index (κ3) is 4.22. The molecule has 5 heteroatoms. The number of aliphatic hydroxyl groups is 1. The Balaban J connectivity index is 2.39. The fourth-order valence-corrected chi connectivity index (χ4v) is 3.21. The van der Waals surface area contributed by atoms with Gasteiger partial charge in [-0.1, -0.05) is 58.3 Å². The number of unbranched alkanes of at least 4 members (excludes halogenated alkanes) is 7. The van der Waals surface area contributed by atoms with Gasteiger partial charge in [0.1, 0.15) is 6.23 Å². The Morgan fingerprint density at radius 1 is 1.00 bits per heavy atom. The Morgan fingerprint density at radius 3 is 2.05 bits per heavy atom. The van der Waals surface area contributed by atoms with Gasteiger partial charge in [-0.15, -0.1) is 0 Å². The molecular weight excluding hydrogens is 280 g/mol. The third-order valence-corrected chi connectivity index (χ3v) is 4.87. The first-order chi connectivity index (χ1) is 10.4. The second kappa shape index (κ2) is 8.51. The lowest BCUT2D eigenvalue weighted by Gasteiger charge is -2.45. The number of hydrogen-bond donors (Lipinski definition) is 1. The normalized spacial score (nSPS) is 26.0. The standard InChI is InChI=1S/C17H32N2O3/c1-5-6-7-8-9-10-11-12-13-17(2)14(20)18(3)16(22)19(4)15(17)21/h14,20H,5-13H2,1-4H3/t14-,17+/m1/s1. The van der Waals surface area contributed by atoms with Crippen molar-refractivity contribution in [1.29, 1.82) is 0 Å². The first-order valence-electron chi connectivity index (χ1n) is 8.59. The molecule has 0 aliphatic carbocycles. The molecule has 0 bridgehead atoms. The summed E-state index contributed by atoms with van der Waals surface area (Å²) in [6.45, 7) is 3.98. The average Bonchev–Trinajstić information content (AvgIpc) is 2.52. The highest BCUT2D eigenvalue weighted by molar-refractivity contribution is 5.99. The number of rotatable bonds is 9. The molecular formula is C17H32N2O3. The highest BCUT2D eigenvalue weighted by Gasteiger charge is 2.51. The minimum absolute atomic E-state index is 0.272. The van der Waals surface area contributed by atoms with Crippen molar-refractivity contribution in [2.24, 2.45) is 5.41 Å². The monoisotopic (exact) mass is 312 g/mol. The first-order valence-corrected chi connectivity index (χ1v) is 8.59. The Kier molecular flexibility index (Phi) is 7.33. The lowest BCUT2D eigenvalue weighted by atomic mass is 9.79. The highest BCUT2D eigenvalue weighted by Crippen LogP contribution is 2.36. The maximum atomic E-state index is 12.4. The van der Waals surface area contributed by atoms with Crippen molar-refractivity contribution >= 4 is 11.9 Å². The maximum absolute atomic E-state index is 12.4. The van der Waals surface area contributed by atoms with Gasteiger partial charge >= 0.3 is 6.03 Å². The Bertz CT molecular complexity index is 386. The van der Waals surface area contributed by atoms with E-state index in [4.69, 9.17) is 0 Å². The van der Waals surface area contributed by atoms with Crippen LogP contribution in [0, 0.1) is 5.41 Å². The molecule has 3 amide bonds. The lowest BCUT2D eigenvalue weighted by molar-refractivity contribution is -0.161. The van der Waals surface area contributed by atoms with Crippen molar-refractivity contribution in [3.05, 3.63) is 0 Å². The summed E-state index contributed by atoms with van der Waals surface area (Å²) in [6.07, 6.45) is 9.14. The SMILES string of the molecule is CCCCCCCCCC[C@]1(C)C(=O)N(C)C(=O)N(C)[C@@H]1O. The number of hydrogen-bond acceptors (Lipinski definition) is 3. The largest absolute Gasteiger partial charge is 0.372 e. The molecule has 1 rings (SSSR count). The van der Waals surface area contributed by atoms with Crippen LogP contribution in [-0.2, 0) is 4.79 Å². The topological polar surface area (TPSA) is 60.9 Å². The van der Waals surface area contributed by atoms with Crippen molar-refractivity contribution in [2.75, 3.05) is 14.1 Å². The number of aliphatic hydroxyl groups excluding tert-OH is 1. The number of imide groups is 1. The van der Waals surface area contributed by atoms with E-state index in [1.54, 1.807) is 14.0 Å². The summed E-state index contributed by atoms with van der Waals surface area (Å²) in [4.78, 5) is 26.6. The molecule has 1 aliphatic rings. The minimum Gasteiger partial charge on any atom is -0.372 e. The van der Waals surface area contributed by atoms with E-state index in [1.165, 1.54) is 50.5 Å². The van der Waals surface area contributed by atoms with Crippen LogP contribution in [0.2, 0.25) is 0 Å². The van der Waals surface area contributed by atoms with Crippen LogP contribution in [0.15, 0.2) is 0 Å². The molecule has 0 saturated carbocycles. The first kappa shape index (κ1) is 18.9. The molecule has 0 radical (unpaired) electrons. The summed E-state index contributed by atoms with van der Waals surface area (Å²) < 4.78 is 0. The smallest absolute Gasteiger partial charge is 0.328 e. The Labute approximate surface area is 134 Å². The molecule has 0 aromatic carbocycles. The van der Waals surface area contributed by atoms with Gasteiger partial charge in [-0.25, -0.2) is 4.79 Å². The zero-order valence-electron chi connectivity index (χ0n) is 14.6. The molecule has 22 heavy (non-hydrogen) atoms. The molecule has 2 atom stereocenters. The molecule has 128 valence electrons. The van der Waals surface area contributed by atoms with Crippen molar-refractivity contribution in [2.45, 2.75) is 77.9 Å². The number of urea groups is 1. The van der Waals surface area contributed by atoms with Crippen molar-refractivity contribution in [3.63, 3.8) is 0 Å². The second-order valence-electron chi connectivity index (χ2n) is 6.77. The zero-order chi connectivity index (χ0) is 16.8. The summed E-state index contributed by atoms with van der Waals surface area (Å²) in [6, 6.07) is -0.439. The van der Waals surface area contributed by atoms with E-state index in [0.717, 1.165) is 17.7 Å². The maximum Gasteiger partial charge on any atom is 0.328 e. The number of amides is 3. The lowest BCUT2D eigenvalue weighted by Crippen LogP contribution is -2.64. The second-order valence-corrected chi connectivity index (χ2v) is 6.77. The Morgan fingerprint density at radius 2 is 1.50 bits per heavy atom. The van der Waals surface area contributed by atoms with E-state index < -0.39 is 17.7 Å². The summed E-state index contributed by atoms with van der Waals surface area (Å²) in [5.74, 6) is -0.272. The van der Waals surface area contributed by atoms with Gasteiger partial charge in [0.2, 0.25) is 5.91 Å². The zero-order valence-corrected chi connectivity index (χ0v) is 14.6. The van der Waals surface area contributed by atoms with Crippen LogP contribution in [-0.4, -0.2) is 47.2 Å². The van der Waals surface area contributed by atoms with Crippen LogP contribution in [0.3, 0.4) is 0 Å². The number of carbonyl (C=O) groups excluding carboxylic acids is 2. The Hall–Kier alpha value is -1.10. The van der Waals surface area contributed by atoms with Crippen molar-refractivity contribution < 1.29 is 14.7 Å². The predicted molar refractivity (Wildman–Crippen MR) is 87.3 cm³/mol. The summed E-state index contributed by atoms with van der Waals surface area (Å²) in [7, 11) is 3.03. The third-order valence-electron chi connectivity index (χ3n) is 4.87. The minimum atomic E-state index is -1.03. The van der Waals surface area contributed by atoms with Gasteiger partial charge in [-0.3, -0.25) is 9.69 Å². The molecule has 0 aromatic heterocycles. The number of carbonyl (C=O) groups is 2. The summed E-state index contributed by atoms with van der Waals surface area (Å²) >= 11 is 0. The molecule has 1 saturated heterocycles. The van der Waals surface area contributed by atoms with Crippen molar-refractivity contribution in [1.82, 2.24) is 9.80 Å². The fraction of sp³-hybridized carbons (Fsp3) is 0.882. The molecule has 1 heterocycles. The molecule has 0 unspecified atom stereocenters. The van der Waals surface area contributed by atoms with Crippen LogP contribution in [0.4, 0.5) is 4.79 Å². The van der Waals surface area contributed by atoms with Crippen LogP contribution >= 0.6 is 0 Å². The number of nitrogens with zero attached hydrogens (tertiary/aromatic N) is 2.